The first kappa shape index (κ1) is 45.7. The fourth-order valence-electron chi connectivity index (χ4n) is 6.94. The number of hydrogen-bond acceptors (Lipinski definition) is 17. The van der Waals surface area contributed by atoms with Gasteiger partial charge in [-0.15, -0.1) is 11.3 Å². The van der Waals surface area contributed by atoms with Crippen LogP contribution in [0.15, 0.2) is 90.0 Å². The number of anilines is 6. The molecule has 9 N–H and O–H groups in total. The van der Waals surface area contributed by atoms with Gasteiger partial charge in [0.25, 0.3) is 5.91 Å². The largest absolute Gasteiger partial charge is 0.461 e. The smallest absolute Gasteiger partial charge is 0.358 e. The van der Waals surface area contributed by atoms with Crippen LogP contribution in [0.3, 0.4) is 0 Å². The lowest BCUT2D eigenvalue weighted by Crippen LogP contribution is -2.23. The van der Waals surface area contributed by atoms with Crippen LogP contribution >= 0.6 is 34.0 Å². The van der Waals surface area contributed by atoms with Gasteiger partial charge in [0.15, 0.2) is 16.5 Å². The van der Waals surface area contributed by atoms with E-state index >= 15 is 0 Å². The predicted molar refractivity (Wildman–Crippen MR) is 255 cm³/mol. The molecule has 1 fully saturated rings. The Morgan fingerprint density at radius 1 is 0.812 bits per heavy atom. The minimum absolute atomic E-state index is 0.0117. The van der Waals surface area contributed by atoms with Gasteiger partial charge in [0.2, 0.25) is 16.0 Å². The molecule has 0 aliphatic heterocycles. The molecule has 4 heterocycles. The predicted octanol–water partition coefficient (Wildman–Crippen LogP) is 8.81. The first-order valence-corrected chi connectivity index (χ1v) is 24.3. The highest BCUT2D eigenvalue weighted by molar-refractivity contribution is 7.89. The van der Waals surface area contributed by atoms with Gasteiger partial charge < -0.3 is 32.2 Å². The molecule has 1 amide bonds. The van der Waals surface area contributed by atoms with Gasteiger partial charge in [-0.25, -0.2) is 43.3 Å². The summed E-state index contributed by atoms with van der Waals surface area (Å²) >= 11 is 4.06. The molecule has 1 saturated carbocycles. The third-order valence-electron chi connectivity index (χ3n) is 9.81. The molecule has 0 radical (unpaired) electrons. The number of nitrogen functional groups attached to an aromatic ring is 1. The lowest BCUT2D eigenvalue weighted by molar-refractivity contribution is 0.0519. The van der Waals surface area contributed by atoms with Crippen LogP contribution in [0.25, 0.3) is 20.6 Å². The number of nitrogens with two attached hydrogens (primary N) is 3. The molecule has 332 valence electrons. The van der Waals surface area contributed by atoms with Crippen LogP contribution in [0.1, 0.15) is 81.6 Å². The van der Waals surface area contributed by atoms with Crippen LogP contribution in [0.4, 0.5) is 33.3 Å². The van der Waals surface area contributed by atoms with E-state index in [9.17, 15) is 18.0 Å². The molecule has 7 aromatic rings. The average Bonchev–Trinajstić information content (AvgIpc) is 3.98. The SMILES string of the molecule is CCOC(=O)c1nc(-c2sc(Nc3ccc(S(N)(=O)=O)cc3)nc2N)sc1Cc1ccccc1.Cc1cc(C)cc(Nc2nccc(-c3nc(C(N)=O)c(NC4CCCCC4)s3)n2)c1. The molecular formula is C44H47N11O5S4. The normalized spacial score (nSPS) is 12.8. The second kappa shape index (κ2) is 20.5. The van der Waals surface area contributed by atoms with E-state index < -0.39 is 21.9 Å². The zero-order valence-electron chi connectivity index (χ0n) is 35.3. The number of aromatic nitrogens is 5. The van der Waals surface area contributed by atoms with Crippen LogP contribution in [0, 0.1) is 13.8 Å². The molecular weight excluding hydrogens is 891 g/mol. The van der Waals surface area contributed by atoms with Gasteiger partial charge in [-0.2, -0.15) is 0 Å². The number of thiazole rings is 3. The van der Waals surface area contributed by atoms with E-state index in [0.717, 1.165) is 45.1 Å². The molecule has 0 spiro atoms. The van der Waals surface area contributed by atoms with Crippen LogP contribution < -0.4 is 32.6 Å². The lowest BCUT2D eigenvalue weighted by atomic mass is 9.96. The number of benzene rings is 3. The number of nitrogens with one attached hydrogen (secondary N) is 3. The summed E-state index contributed by atoms with van der Waals surface area (Å²) in [5, 5.41) is 17.4. The number of aryl methyl sites for hydroxylation is 2. The Morgan fingerprint density at radius 2 is 1.52 bits per heavy atom. The number of ether oxygens (including phenoxy) is 1. The van der Waals surface area contributed by atoms with Gasteiger partial charge in [0, 0.05) is 34.9 Å². The van der Waals surface area contributed by atoms with Crippen molar-refractivity contribution in [2.75, 3.05) is 28.3 Å². The topological polar surface area (TPSA) is 256 Å². The summed E-state index contributed by atoms with van der Waals surface area (Å²) in [6.45, 7) is 6.10. The Bertz CT molecular complexity index is 2840. The summed E-state index contributed by atoms with van der Waals surface area (Å²) in [4.78, 5) is 48.2. The Morgan fingerprint density at radius 3 is 2.19 bits per heavy atom. The number of esters is 1. The van der Waals surface area contributed by atoms with Crippen molar-refractivity contribution >= 4 is 89.2 Å². The van der Waals surface area contributed by atoms with E-state index in [-0.39, 0.29) is 28.7 Å². The second-order valence-corrected chi connectivity index (χ2v) is 19.6. The molecule has 3 aromatic carbocycles. The zero-order valence-corrected chi connectivity index (χ0v) is 38.5. The van der Waals surface area contributed by atoms with Crippen LogP contribution in [-0.2, 0) is 21.2 Å². The fraction of sp³-hybridized carbons (Fsp3) is 0.250. The number of nitrogens with zero attached hydrogens (tertiary/aromatic N) is 5. The van der Waals surface area contributed by atoms with Crippen LogP contribution in [-0.4, -0.2) is 57.9 Å². The lowest BCUT2D eigenvalue weighted by Gasteiger charge is -2.23. The number of carbonyl (C=O) groups excluding carboxylic acids is 2. The van der Waals surface area contributed by atoms with Crippen molar-refractivity contribution in [2.24, 2.45) is 10.9 Å². The Labute approximate surface area is 382 Å². The Kier molecular flexibility index (Phi) is 14.6. The summed E-state index contributed by atoms with van der Waals surface area (Å²) in [6, 6.07) is 24.1. The number of hydrogen-bond donors (Lipinski definition) is 6. The standard InChI is InChI=1S/C22H26N6OS.C22H21N5O4S3/c1-13-10-14(2)12-16(11-13)26-22-24-9-8-17(27-22)20-28-18(19(23)29)21(30-20)25-15-6-4-3-5-7-15;1-2-31-21(28)17-16(12-13-6-4-3-5-7-13)32-20(26-17)18-19(23)27-22(33-18)25-14-8-10-15(11-9-14)34(24,29)30/h8-12,15,25H,3-7H2,1-2H3,(H2,23,29)(H,24,26,27);3-11H,2,12,23H2,1H3,(H,25,27)(H2,24,29,30). The van der Waals surface area contributed by atoms with Gasteiger partial charge in [-0.05, 0) is 92.8 Å². The maximum absolute atomic E-state index is 12.5. The third-order valence-corrected chi connectivity index (χ3v) is 13.9. The summed E-state index contributed by atoms with van der Waals surface area (Å²) in [6.07, 6.45) is 8.10. The number of rotatable bonds is 14. The first-order valence-electron chi connectivity index (χ1n) is 20.4. The molecule has 16 nitrogen and oxygen atoms in total. The van der Waals surface area contributed by atoms with Crippen molar-refractivity contribution in [1.29, 1.82) is 0 Å². The summed E-state index contributed by atoms with van der Waals surface area (Å²) < 4.78 is 28.1. The number of primary amides is 1. The van der Waals surface area contributed by atoms with Crippen molar-refractivity contribution in [3.05, 3.63) is 118 Å². The minimum atomic E-state index is -3.77. The molecule has 0 unspecified atom stereocenters. The van der Waals surface area contributed by atoms with Crippen molar-refractivity contribution in [3.8, 4) is 20.6 Å². The molecule has 0 bridgehead atoms. The molecule has 0 atom stereocenters. The van der Waals surface area contributed by atoms with E-state index in [2.05, 4.69) is 60.8 Å². The van der Waals surface area contributed by atoms with Crippen molar-refractivity contribution in [2.45, 2.75) is 70.2 Å². The third kappa shape index (κ3) is 11.8. The summed E-state index contributed by atoms with van der Waals surface area (Å²) in [7, 11) is -3.77. The van der Waals surface area contributed by atoms with Gasteiger partial charge in [-0.3, -0.25) is 4.79 Å². The number of carbonyl (C=O) groups is 2. The van der Waals surface area contributed by atoms with E-state index in [0.29, 0.717) is 49.8 Å². The van der Waals surface area contributed by atoms with Crippen LogP contribution in [0.2, 0.25) is 0 Å². The Hall–Kier alpha value is -6.32. The highest BCUT2D eigenvalue weighted by atomic mass is 32.2. The van der Waals surface area contributed by atoms with Gasteiger partial charge >= 0.3 is 5.97 Å². The molecule has 20 heteroatoms. The quantitative estimate of drug-likeness (QED) is 0.0557. The molecule has 1 aliphatic rings. The molecule has 64 heavy (non-hydrogen) atoms. The fourth-order valence-corrected chi connectivity index (χ4v) is 10.5. The van der Waals surface area contributed by atoms with Gasteiger partial charge in [-0.1, -0.05) is 78.3 Å². The number of sulfonamides is 1. The average molecular weight is 938 g/mol. The maximum Gasteiger partial charge on any atom is 0.358 e. The van der Waals surface area contributed by atoms with Crippen LogP contribution in [0.5, 0.6) is 0 Å². The van der Waals surface area contributed by atoms with Crippen molar-refractivity contribution in [3.63, 3.8) is 0 Å². The van der Waals surface area contributed by atoms with E-state index in [1.807, 2.05) is 42.5 Å². The molecule has 8 rings (SSSR count). The van der Waals surface area contributed by atoms with E-state index in [1.54, 1.807) is 31.3 Å². The monoisotopic (exact) mass is 937 g/mol. The molecule has 1 aliphatic carbocycles. The second-order valence-electron chi connectivity index (χ2n) is 14.9. The van der Waals surface area contributed by atoms with E-state index in [4.69, 9.17) is 21.3 Å². The minimum Gasteiger partial charge on any atom is -0.461 e. The molecule has 4 aromatic heterocycles. The zero-order chi connectivity index (χ0) is 45.4. The number of amides is 1. The number of primary sulfonamides is 1. The highest BCUT2D eigenvalue weighted by Gasteiger charge is 2.24. The first-order chi connectivity index (χ1) is 30.7. The van der Waals surface area contributed by atoms with Crippen molar-refractivity contribution < 1.29 is 22.7 Å². The van der Waals surface area contributed by atoms with Gasteiger partial charge in [0.1, 0.15) is 31.4 Å². The molecule has 0 saturated heterocycles. The van der Waals surface area contributed by atoms with Crippen molar-refractivity contribution in [1.82, 2.24) is 24.9 Å². The maximum atomic E-state index is 12.5. The van der Waals surface area contributed by atoms with E-state index in [1.165, 1.54) is 65.4 Å². The summed E-state index contributed by atoms with van der Waals surface area (Å²) in [5.74, 6) is -0.259. The summed E-state index contributed by atoms with van der Waals surface area (Å²) in [5.41, 5.74) is 17.9. The Balaban J connectivity index is 0.000000193. The van der Waals surface area contributed by atoms with Gasteiger partial charge in [0.05, 0.1) is 11.5 Å². The highest BCUT2D eigenvalue weighted by Crippen LogP contribution is 2.40.